The Morgan fingerprint density at radius 2 is 1.84 bits per heavy atom. The van der Waals surface area contributed by atoms with E-state index in [-0.39, 0.29) is 16.0 Å². The average molecular weight is 274 g/mol. The summed E-state index contributed by atoms with van der Waals surface area (Å²) in [6, 6.07) is 10.0. The summed E-state index contributed by atoms with van der Waals surface area (Å²) in [5, 5.41) is 0. The molecular weight excluding hydrogens is 260 g/mol. The monoisotopic (exact) mass is 274 g/mol. The molecule has 0 spiro atoms. The highest BCUT2D eigenvalue weighted by Gasteiger charge is 2.07. The molecular formula is C14H14N2O2S. The summed E-state index contributed by atoms with van der Waals surface area (Å²) in [6.07, 6.45) is 2.86. The third-order valence-corrected chi connectivity index (χ3v) is 3.13. The van der Waals surface area contributed by atoms with E-state index in [1.165, 1.54) is 5.56 Å². The van der Waals surface area contributed by atoms with Crippen LogP contribution < -0.4 is 5.56 Å². The van der Waals surface area contributed by atoms with Gasteiger partial charge in [-0.3, -0.25) is 14.6 Å². The van der Waals surface area contributed by atoms with E-state index in [2.05, 4.69) is 9.97 Å². The molecule has 2 rings (SSSR count). The Kier molecular flexibility index (Phi) is 4.41. The molecule has 0 bridgehead atoms. The Balaban J connectivity index is 2.10. The first-order chi connectivity index (χ1) is 9.20. The molecule has 98 valence electrons. The predicted octanol–water partition coefficient (Wildman–Crippen LogP) is 2.42. The molecule has 0 aliphatic carbocycles. The van der Waals surface area contributed by atoms with Crippen LogP contribution in [0.2, 0.25) is 0 Å². The van der Waals surface area contributed by atoms with Gasteiger partial charge in [0, 0.05) is 5.56 Å². The normalized spacial score (nSPS) is 10.3. The molecule has 1 heterocycles. The van der Waals surface area contributed by atoms with Crippen LogP contribution in [0.25, 0.3) is 0 Å². The third-order valence-electron chi connectivity index (χ3n) is 2.93. The fourth-order valence-electron chi connectivity index (χ4n) is 1.99. The Morgan fingerprint density at radius 3 is 2.53 bits per heavy atom. The van der Waals surface area contributed by atoms with Gasteiger partial charge >= 0.3 is 0 Å². The van der Waals surface area contributed by atoms with E-state index in [1.807, 2.05) is 30.3 Å². The molecule has 1 aromatic heterocycles. The van der Waals surface area contributed by atoms with Crippen LogP contribution in [0, 0.1) is 4.77 Å². The zero-order valence-corrected chi connectivity index (χ0v) is 11.1. The first-order valence-corrected chi connectivity index (χ1v) is 6.46. The van der Waals surface area contributed by atoms with Crippen LogP contribution in [0.5, 0.6) is 0 Å². The van der Waals surface area contributed by atoms with Gasteiger partial charge < -0.3 is 4.98 Å². The van der Waals surface area contributed by atoms with E-state index < -0.39 is 0 Å². The fraction of sp³-hybridized carbons (Fsp3) is 0.214. The largest absolute Gasteiger partial charge is 0.329 e. The summed E-state index contributed by atoms with van der Waals surface area (Å²) in [4.78, 5) is 27.9. The summed E-state index contributed by atoms with van der Waals surface area (Å²) >= 11 is 4.83. The zero-order chi connectivity index (χ0) is 13.7. The smallest absolute Gasteiger partial charge is 0.255 e. The topological polar surface area (TPSA) is 65.7 Å². The van der Waals surface area contributed by atoms with Crippen molar-refractivity contribution in [3.63, 3.8) is 0 Å². The number of carbonyl (C=O) groups is 1. The lowest BCUT2D eigenvalue weighted by Crippen LogP contribution is -2.18. The number of hydrogen-bond acceptors (Lipinski definition) is 3. The van der Waals surface area contributed by atoms with Crippen molar-refractivity contribution >= 4 is 18.5 Å². The second kappa shape index (κ2) is 6.24. The number of aromatic nitrogens is 2. The van der Waals surface area contributed by atoms with E-state index in [9.17, 15) is 9.59 Å². The quantitative estimate of drug-likeness (QED) is 0.650. The van der Waals surface area contributed by atoms with Crippen LogP contribution in [0.15, 0.2) is 35.1 Å². The number of H-pyrrole nitrogens is 2. The standard InChI is InChI=1S/C14H14N2O2S/c17-9-12-11(13(18)16-14(19)15-12)8-4-7-10-5-2-1-3-6-10/h1-3,5-6,9H,4,7-8H2,(H2,15,16,18,19). The van der Waals surface area contributed by atoms with Crippen molar-refractivity contribution in [2.45, 2.75) is 19.3 Å². The minimum absolute atomic E-state index is 0.180. The number of aromatic amines is 2. The van der Waals surface area contributed by atoms with Crippen molar-refractivity contribution in [2.24, 2.45) is 0 Å². The number of nitrogens with one attached hydrogen (secondary N) is 2. The van der Waals surface area contributed by atoms with Crippen LogP contribution >= 0.6 is 12.2 Å². The maximum absolute atomic E-state index is 11.8. The number of rotatable bonds is 5. The molecule has 0 saturated carbocycles. The van der Waals surface area contributed by atoms with Crippen molar-refractivity contribution in [1.29, 1.82) is 0 Å². The Hall–Kier alpha value is -2.01. The first-order valence-electron chi connectivity index (χ1n) is 6.05. The van der Waals surface area contributed by atoms with Crippen molar-refractivity contribution in [1.82, 2.24) is 9.97 Å². The van der Waals surface area contributed by atoms with E-state index in [0.29, 0.717) is 18.3 Å². The minimum atomic E-state index is -0.279. The maximum atomic E-state index is 11.8. The lowest BCUT2D eigenvalue weighted by molar-refractivity contribution is 0.111. The minimum Gasteiger partial charge on any atom is -0.329 e. The number of hydrogen-bond donors (Lipinski definition) is 2. The van der Waals surface area contributed by atoms with Gasteiger partial charge in [-0.2, -0.15) is 0 Å². The van der Waals surface area contributed by atoms with Crippen LogP contribution in [0.3, 0.4) is 0 Å². The van der Waals surface area contributed by atoms with Gasteiger partial charge in [-0.15, -0.1) is 0 Å². The molecule has 4 nitrogen and oxygen atoms in total. The lowest BCUT2D eigenvalue weighted by atomic mass is 10.0. The van der Waals surface area contributed by atoms with Crippen molar-refractivity contribution in [3.8, 4) is 0 Å². The molecule has 0 saturated heterocycles. The van der Waals surface area contributed by atoms with Crippen molar-refractivity contribution < 1.29 is 4.79 Å². The van der Waals surface area contributed by atoms with Gasteiger partial charge in [0.15, 0.2) is 11.1 Å². The van der Waals surface area contributed by atoms with Crippen LogP contribution in [-0.4, -0.2) is 16.3 Å². The molecule has 19 heavy (non-hydrogen) atoms. The molecule has 0 amide bonds. The molecule has 0 fully saturated rings. The Labute approximate surface area is 115 Å². The van der Waals surface area contributed by atoms with Crippen molar-refractivity contribution in [2.75, 3.05) is 0 Å². The van der Waals surface area contributed by atoms with Gasteiger partial charge in [-0.1, -0.05) is 30.3 Å². The summed E-state index contributed by atoms with van der Waals surface area (Å²) in [5.41, 5.74) is 1.69. The van der Waals surface area contributed by atoms with Gasteiger partial charge in [0.25, 0.3) is 5.56 Å². The van der Waals surface area contributed by atoms with E-state index in [4.69, 9.17) is 12.2 Å². The number of aldehydes is 1. The Morgan fingerprint density at radius 1 is 1.11 bits per heavy atom. The molecule has 0 atom stereocenters. The second-order valence-electron chi connectivity index (χ2n) is 4.26. The van der Waals surface area contributed by atoms with E-state index in [0.717, 1.165) is 12.8 Å². The Bertz CT molecular complexity index is 674. The summed E-state index contributed by atoms with van der Waals surface area (Å²) in [7, 11) is 0. The number of benzene rings is 1. The van der Waals surface area contributed by atoms with Crippen LogP contribution in [0.1, 0.15) is 28.0 Å². The fourth-order valence-corrected chi connectivity index (χ4v) is 2.20. The highest BCUT2D eigenvalue weighted by atomic mass is 32.1. The summed E-state index contributed by atoms with van der Waals surface area (Å²) in [5.74, 6) is 0. The molecule has 0 unspecified atom stereocenters. The highest BCUT2D eigenvalue weighted by molar-refractivity contribution is 7.71. The first kappa shape index (κ1) is 13.4. The van der Waals surface area contributed by atoms with Crippen molar-refractivity contribution in [3.05, 3.63) is 62.3 Å². The molecule has 2 aromatic rings. The van der Waals surface area contributed by atoms with Crippen LogP contribution in [0.4, 0.5) is 0 Å². The second-order valence-corrected chi connectivity index (χ2v) is 4.67. The molecule has 2 N–H and O–H groups in total. The van der Waals surface area contributed by atoms with E-state index in [1.54, 1.807) is 0 Å². The van der Waals surface area contributed by atoms with E-state index >= 15 is 0 Å². The third kappa shape index (κ3) is 3.48. The zero-order valence-electron chi connectivity index (χ0n) is 10.3. The summed E-state index contributed by atoms with van der Waals surface area (Å²) in [6.45, 7) is 0. The van der Waals surface area contributed by atoms with Gasteiger partial charge in [0.05, 0.1) is 5.69 Å². The average Bonchev–Trinajstić information content (AvgIpc) is 2.42. The molecule has 1 aromatic carbocycles. The number of aryl methyl sites for hydroxylation is 1. The van der Waals surface area contributed by atoms with Gasteiger partial charge in [-0.25, -0.2) is 0 Å². The SMILES string of the molecule is O=Cc1[nH]c(=S)[nH]c(=O)c1CCCc1ccccc1. The molecule has 0 aliphatic heterocycles. The predicted molar refractivity (Wildman–Crippen MR) is 76.1 cm³/mol. The highest BCUT2D eigenvalue weighted by Crippen LogP contribution is 2.07. The number of carbonyl (C=O) groups excluding carboxylic acids is 1. The van der Waals surface area contributed by atoms with Crippen LogP contribution in [-0.2, 0) is 12.8 Å². The van der Waals surface area contributed by atoms with Gasteiger partial charge in [0.1, 0.15) is 0 Å². The molecule has 5 heteroatoms. The summed E-state index contributed by atoms with van der Waals surface area (Å²) < 4.78 is 0.180. The lowest BCUT2D eigenvalue weighted by Gasteiger charge is -2.04. The van der Waals surface area contributed by atoms with Gasteiger partial charge in [-0.05, 0) is 37.0 Å². The maximum Gasteiger partial charge on any atom is 0.255 e. The van der Waals surface area contributed by atoms with Gasteiger partial charge in [0.2, 0.25) is 0 Å². The molecule has 0 aliphatic rings. The molecule has 0 radical (unpaired) electrons.